The highest BCUT2D eigenvalue weighted by Gasteiger charge is 2.32. The Balaban J connectivity index is 2.14. The quantitative estimate of drug-likeness (QED) is 0.730. The van der Waals surface area contributed by atoms with E-state index in [-0.39, 0.29) is 10.9 Å². The molecule has 3 aromatic rings. The van der Waals surface area contributed by atoms with Crippen molar-refractivity contribution in [3.8, 4) is 0 Å². The lowest BCUT2D eigenvalue weighted by Gasteiger charge is -2.23. The Labute approximate surface area is 147 Å². The molecule has 1 atom stereocenters. The predicted molar refractivity (Wildman–Crippen MR) is 86.0 cm³/mol. The maximum absolute atomic E-state index is 13.9. The van der Waals surface area contributed by atoms with Crippen molar-refractivity contribution < 1.29 is 22.6 Å². The van der Waals surface area contributed by atoms with Crippen molar-refractivity contribution >= 4 is 16.7 Å². The number of fused-ring (bicyclic) bond motifs is 3. The molecule has 1 aromatic carbocycles. The SMILES string of the molecule is [2H]C([2H])([2H])c1nccn1C([2H])([2H])C1([2H])C(=O)c2c(n(C([2H])([2H])[2H])c3ccccc23)C([2H])([2H])C1([2H])[2H]. The number of hydrogen-bond donors (Lipinski definition) is 0. The highest BCUT2D eigenvalue weighted by Crippen LogP contribution is 2.34. The molecule has 112 valence electrons. The van der Waals surface area contributed by atoms with E-state index in [0.717, 1.165) is 12.4 Å². The van der Waals surface area contributed by atoms with Crippen LogP contribution in [0, 0.1) is 12.7 Å². The Morgan fingerprint density at radius 2 is 2.45 bits per heavy atom. The molecule has 0 bridgehead atoms. The number of rotatable bonds is 2. The summed E-state index contributed by atoms with van der Waals surface area (Å²) in [5.41, 5.74) is -1.61. The molecule has 1 aliphatic carbocycles. The van der Waals surface area contributed by atoms with E-state index in [1.165, 1.54) is 24.3 Å². The molecule has 22 heavy (non-hydrogen) atoms. The van der Waals surface area contributed by atoms with Gasteiger partial charge in [0.05, 0.1) is 2.74 Å². The van der Waals surface area contributed by atoms with E-state index in [1.54, 1.807) is 0 Å². The lowest BCUT2D eigenvalue weighted by Crippen LogP contribution is -2.27. The molecule has 0 fully saturated rings. The Morgan fingerprint density at radius 3 is 3.32 bits per heavy atom. The van der Waals surface area contributed by atoms with Gasteiger partial charge in [-0.3, -0.25) is 4.79 Å². The molecule has 0 saturated carbocycles. The molecule has 0 aliphatic heterocycles. The number of imidazole rings is 1. The van der Waals surface area contributed by atoms with Crippen molar-refractivity contribution in [2.24, 2.45) is 12.9 Å². The number of carbonyl (C=O) groups is 1. The lowest BCUT2D eigenvalue weighted by molar-refractivity contribution is 0.0888. The van der Waals surface area contributed by atoms with Crippen LogP contribution >= 0.6 is 0 Å². The maximum atomic E-state index is 13.9. The number of carbonyl (C=O) groups excluding carboxylic acids is 1. The van der Waals surface area contributed by atoms with Gasteiger partial charge in [0, 0.05) is 69.0 Å². The van der Waals surface area contributed by atoms with Gasteiger partial charge in [-0.05, 0) is 25.7 Å². The number of benzene rings is 1. The van der Waals surface area contributed by atoms with E-state index >= 15 is 0 Å². The molecule has 4 rings (SSSR count). The first kappa shape index (κ1) is 5.37. The first-order valence-electron chi connectivity index (χ1n) is 13.0. The van der Waals surface area contributed by atoms with Crippen molar-refractivity contribution in [1.82, 2.24) is 14.1 Å². The van der Waals surface area contributed by atoms with Gasteiger partial charge in [0.15, 0.2) is 5.78 Å². The number of aromatic nitrogens is 3. The fourth-order valence-electron chi connectivity index (χ4n) is 2.48. The van der Waals surface area contributed by atoms with Crippen molar-refractivity contribution in [1.29, 1.82) is 0 Å². The highest BCUT2D eigenvalue weighted by atomic mass is 16.1. The second kappa shape index (κ2) is 4.83. The van der Waals surface area contributed by atoms with Crippen LogP contribution in [0.4, 0.5) is 0 Å². The summed E-state index contributed by atoms with van der Waals surface area (Å²) in [6.45, 7) is -9.52. The van der Waals surface area contributed by atoms with Crippen LogP contribution in [0.5, 0.6) is 0 Å². The molecule has 0 amide bonds. The Morgan fingerprint density at radius 1 is 1.55 bits per heavy atom. The minimum Gasteiger partial charge on any atom is -0.347 e. The molecule has 2 aromatic heterocycles. The second-order valence-electron chi connectivity index (χ2n) is 4.76. The van der Waals surface area contributed by atoms with Gasteiger partial charge in [-0.25, -0.2) is 4.98 Å². The van der Waals surface area contributed by atoms with E-state index in [9.17, 15) is 4.79 Å². The van der Waals surface area contributed by atoms with Crippen molar-refractivity contribution in [3.05, 3.63) is 53.7 Å². The molecule has 0 radical (unpaired) electrons. The predicted octanol–water partition coefficient (Wildman–Crippen LogP) is 3.13. The molecule has 0 saturated heterocycles. The zero-order chi connectivity index (χ0) is 26.6. The van der Waals surface area contributed by atoms with E-state index in [4.69, 9.17) is 17.8 Å². The van der Waals surface area contributed by atoms with E-state index in [0.29, 0.717) is 9.13 Å². The van der Waals surface area contributed by atoms with Crippen LogP contribution < -0.4 is 0 Å². The van der Waals surface area contributed by atoms with Gasteiger partial charge in [0.25, 0.3) is 0 Å². The smallest absolute Gasteiger partial charge is 0.170 e. The Hall–Kier alpha value is -2.36. The molecule has 0 N–H and O–H groups in total. The van der Waals surface area contributed by atoms with Crippen LogP contribution in [0.3, 0.4) is 0 Å². The number of para-hydroxylation sites is 1. The number of ketones is 1. The van der Waals surface area contributed by atoms with E-state index in [1.807, 2.05) is 0 Å². The average Bonchev–Trinajstić information content (AvgIpc) is 3.34. The van der Waals surface area contributed by atoms with E-state index < -0.39 is 61.8 Å². The molecule has 2 heterocycles. The average molecular weight is 306 g/mol. The number of hydrogen-bond acceptors (Lipinski definition) is 2. The summed E-state index contributed by atoms with van der Waals surface area (Å²) in [7, 11) is 0. The zero-order valence-corrected chi connectivity index (χ0v) is 11.2. The van der Waals surface area contributed by atoms with Gasteiger partial charge < -0.3 is 9.13 Å². The standard InChI is InChI=1S/C18H19N3O/c1-12-19-9-10-21(12)11-13-7-8-16-17(18(13)22)14-5-3-4-6-15(14)20(16)2/h3-6,9-10,13H,7-8,11H2,1-2H3/i1D3,2D3,7D2,8D2,11D2,13D. The zero-order valence-electron chi connectivity index (χ0n) is 24.2. The van der Waals surface area contributed by atoms with Gasteiger partial charge in [0.1, 0.15) is 5.82 Å². The molecular weight excluding hydrogens is 274 g/mol. The monoisotopic (exact) mass is 306 g/mol. The van der Waals surface area contributed by atoms with Crippen molar-refractivity contribution in [2.75, 3.05) is 0 Å². The van der Waals surface area contributed by atoms with Crippen molar-refractivity contribution in [3.63, 3.8) is 0 Å². The van der Waals surface area contributed by atoms with Crippen LogP contribution in [-0.4, -0.2) is 19.9 Å². The van der Waals surface area contributed by atoms with Gasteiger partial charge in [-0.2, -0.15) is 0 Å². The van der Waals surface area contributed by atoms with Gasteiger partial charge in [0.2, 0.25) is 0 Å². The van der Waals surface area contributed by atoms with Gasteiger partial charge >= 0.3 is 0 Å². The van der Waals surface area contributed by atoms with Gasteiger partial charge in [-0.15, -0.1) is 0 Å². The summed E-state index contributed by atoms with van der Waals surface area (Å²) >= 11 is 0. The normalized spacial score (nSPS) is 36.4. The minimum absolute atomic E-state index is 0.0999. The number of Topliss-reactive ketones (excluding diaryl/α,β-unsaturated/α-hetero) is 1. The largest absolute Gasteiger partial charge is 0.347 e. The maximum Gasteiger partial charge on any atom is 0.170 e. The van der Waals surface area contributed by atoms with Crippen LogP contribution in [-0.2, 0) is 19.8 Å². The van der Waals surface area contributed by atoms with Gasteiger partial charge in [-0.1, -0.05) is 18.2 Å². The summed E-state index contributed by atoms with van der Waals surface area (Å²) in [4.78, 5) is 17.5. The summed E-state index contributed by atoms with van der Waals surface area (Å²) in [6.07, 6.45) is -5.31. The minimum atomic E-state index is -3.68. The first-order chi connectivity index (χ1) is 15.7. The van der Waals surface area contributed by atoms with Crippen LogP contribution in [0.25, 0.3) is 10.9 Å². The Bertz CT molecular complexity index is 1350. The van der Waals surface area contributed by atoms with E-state index in [2.05, 4.69) is 4.98 Å². The molecule has 0 spiro atoms. The fourth-order valence-corrected chi connectivity index (χ4v) is 2.48. The summed E-state index contributed by atoms with van der Waals surface area (Å²) in [6, 6.07) is 5.46. The molecule has 1 aliphatic rings. The summed E-state index contributed by atoms with van der Waals surface area (Å²) in [5, 5.41) is -0.0999. The number of nitrogens with zero attached hydrogens (tertiary/aromatic N) is 3. The molecule has 4 heteroatoms. The third kappa shape index (κ3) is 1.83. The lowest BCUT2D eigenvalue weighted by atomic mass is 9.85. The Kier molecular flexibility index (Phi) is 1.18. The third-order valence-electron chi connectivity index (χ3n) is 3.51. The third-order valence-corrected chi connectivity index (χ3v) is 3.51. The summed E-state index contributed by atoms with van der Waals surface area (Å²) in [5.74, 6) is -5.99. The van der Waals surface area contributed by atoms with Crippen LogP contribution in [0.2, 0.25) is 0 Å². The van der Waals surface area contributed by atoms with Crippen LogP contribution in [0.1, 0.15) is 46.1 Å². The molecule has 4 nitrogen and oxygen atoms in total. The van der Waals surface area contributed by atoms with Crippen LogP contribution in [0.15, 0.2) is 36.7 Å². The molecular formula is C18H19N3O. The fraction of sp³-hybridized carbons (Fsp3) is 0.333. The first-order valence-corrected chi connectivity index (χ1v) is 6.47. The topological polar surface area (TPSA) is 39.8 Å². The van der Waals surface area contributed by atoms with Crippen molar-refractivity contribution in [2.45, 2.75) is 26.1 Å². The molecule has 1 unspecified atom stereocenters. The second-order valence-corrected chi connectivity index (χ2v) is 4.76. The number of aryl methyl sites for hydroxylation is 2. The summed E-state index contributed by atoms with van der Waals surface area (Å²) < 4.78 is 108. The highest BCUT2D eigenvalue weighted by molar-refractivity contribution is 6.11.